The summed E-state index contributed by atoms with van der Waals surface area (Å²) in [5, 5.41) is 16.2. The molecule has 0 saturated heterocycles. The summed E-state index contributed by atoms with van der Waals surface area (Å²) in [6.07, 6.45) is 0. The van der Waals surface area contributed by atoms with E-state index in [4.69, 9.17) is 4.74 Å². The number of nitrogens with one attached hydrogen (secondary N) is 1. The molecule has 2 aromatic carbocycles. The first-order valence-electron chi connectivity index (χ1n) is 8.67. The van der Waals surface area contributed by atoms with Crippen molar-refractivity contribution in [3.8, 4) is 17.1 Å². The lowest BCUT2D eigenvalue weighted by Gasteiger charge is -2.06. The van der Waals surface area contributed by atoms with Gasteiger partial charge in [0.05, 0.1) is 12.9 Å². The SMILES string of the molecule is COc1ccc(-c2nnc3ccc(SCC(=O)Nc4cccc(F)c4)nn23)cc1. The van der Waals surface area contributed by atoms with E-state index >= 15 is 0 Å². The summed E-state index contributed by atoms with van der Waals surface area (Å²) in [6, 6.07) is 16.8. The zero-order valence-electron chi connectivity index (χ0n) is 15.4. The molecule has 0 fully saturated rings. The molecule has 0 radical (unpaired) electrons. The largest absolute Gasteiger partial charge is 0.497 e. The summed E-state index contributed by atoms with van der Waals surface area (Å²) in [4.78, 5) is 12.1. The first-order valence-corrected chi connectivity index (χ1v) is 9.66. The van der Waals surface area contributed by atoms with Gasteiger partial charge < -0.3 is 10.1 Å². The maximum absolute atomic E-state index is 13.2. The number of hydrogen-bond donors (Lipinski definition) is 1. The Morgan fingerprint density at radius 3 is 2.72 bits per heavy atom. The van der Waals surface area contributed by atoms with Gasteiger partial charge in [-0.25, -0.2) is 4.39 Å². The van der Waals surface area contributed by atoms with Crippen molar-refractivity contribution in [2.75, 3.05) is 18.2 Å². The Kier molecular flexibility index (Phi) is 5.39. The van der Waals surface area contributed by atoms with Crippen LogP contribution in [0.2, 0.25) is 0 Å². The predicted molar refractivity (Wildman–Crippen MR) is 109 cm³/mol. The minimum Gasteiger partial charge on any atom is -0.497 e. The molecule has 7 nitrogen and oxygen atoms in total. The second-order valence-corrected chi connectivity index (χ2v) is 7.04. The maximum Gasteiger partial charge on any atom is 0.234 e. The highest BCUT2D eigenvalue weighted by molar-refractivity contribution is 7.99. The zero-order valence-corrected chi connectivity index (χ0v) is 16.2. The third kappa shape index (κ3) is 4.35. The van der Waals surface area contributed by atoms with E-state index in [1.54, 1.807) is 35.9 Å². The van der Waals surface area contributed by atoms with Gasteiger partial charge in [0.25, 0.3) is 0 Å². The fourth-order valence-electron chi connectivity index (χ4n) is 2.67. The summed E-state index contributed by atoms with van der Waals surface area (Å²) in [6.45, 7) is 0. The standard InChI is InChI=1S/C20H16FN5O2S/c1-28-16-7-5-13(6-8-16)20-24-23-17-9-10-19(25-26(17)20)29-12-18(27)22-15-4-2-3-14(21)11-15/h2-11H,12H2,1H3,(H,22,27). The number of thioether (sulfide) groups is 1. The number of rotatable bonds is 6. The van der Waals surface area contributed by atoms with Crippen LogP contribution in [0.25, 0.3) is 17.0 Å². The Balaban J connectivity index is 1.49. The molecular weight excluding hydrogens is 393 g/mol. The van der Waals surface area contributed by atoms with E-state index in [9.17, 15) is 9.18 Å². The predicted octanol–water partition coefficient (Wildman–Crippen LogP) is 3.67. The molecule has 29 heavy (non-hydrogen) atoms. The molecule has 146 valence electrons. The molecule has 4 aromatic rings. The van der Waals surface area contributed by atoms with Crippen molar-refractivity contribution in [1.29, 1.82) is 0 Å². The second kappa shape index (κ2) is 8.27. The molecule has 2 aromatic heterocycles. The number of amides is 1. The lowest BCUT2D eigenvalue weighted by molar-refractivity contribution is -0.113. The first-order chi connectivity index (χ1) is 14.1. The quantitative estimate of drug-likeness (QED) is 0.490. The molecule has 0 bridgehead atoms. The van der Waals surface area contributed by atoms with E-state index in [0.29, 0.717) is 22.2 Å². The van der Waals surface area contributed by atoms with Gasteiger partial charge >= 0.3 is 0 Å². The average Bonchev–Trinajstić information content (AvgIpc) is 3.15. The van der Waals surface area contributed by atoms with E-state index < -0.39 is 5.82 Å². The van der Waals surface area contributed by atoms with Crippen molar-refractivity contribution in [2.24, 2.45) is 0 Å². The normalized spacial score (nSPS) is 10.8. The van der Waals surface area contributed by atoms with Gasteiger partial charge in [-0.3, -0.25) is 4.79 Å². The highest BCUT2D eigenvalue weighted by Gasteiger charge is 2.12. The van der Waals surface area contributed by atoms with Crippen LogP contribution in [0.5, 0.6) is 5.75 Å². The maximum atomic E-state index is 13.2. The molecule has 0 spiro atoms. The molecule has 0 unspecified atom stereocenters. The molecule has 0 aliphatic rings. The Morgan fingerprint density at radius 2 is 1.97 bits per heavy atom. The smallest absolute Gasteiger partial charge is 0.234 e. The van der Waals surface area contributed by atoms with Crippen LogP contribution in [0.3, 0.4) is 0 Å². The number of anilines is 1. The number of hydrogen-bond acceptors (Lipinski definition) is 6. The van der Waals surface area contributed by atoms with Crippen LogP contribution in [0.15, 0.2) is 65.7 Å². The lowest BCUT2D eigenvalue weighted by atomic mass is 10.2. The van der Waals surface area contributed by atoms with Crippen molar-refractivity contribution < 1.29 is 13.9 Å². The molecule has 9 heteroatoms. The molecule has 0 saturated carbocycles. The lowest BCUT2D eigenvalue weighted by Crippen LogP contribution is -2.14. The van der Waals surface area contributed by atoms with E-state index in [1.807, 2.05) is 24.3 Å². The van der Waals surface area contributed by atoms with Gasteiger partial charge in [-0.15, -0.1) is 10.2 Å². The number of benzene rings is 2. The Bertz CT molecular complexity index is 1160. The van der Waals surface area contributed by atoms with Gasteiger partial charge in [0.15, 0.2) is 11.5 Å². The van der Waals surface area contributed by atoms with Crippen molar-refractivity contribution >= 4 is 29.0 Å². The van der Waals surface area contributed by atoms with Crippen molar-refractivity contribution in [1.82, 2.24) is 19.8 Å². The number of aromatic nitrogens is 4. The van der Waals surface area contributed by atoms with Crippen LogP contribution in [0, 0.1) is 5.82 Å². The van der Waals surface area contributed by atoms with E-state index in [1.165, 1.54) is 23.9 Å². The fourth-order valence-corrected chi connectivity index (χ4v) is 3.33. The minimum absolute atomic E-state index is 0.134. The van der Waals surface area contributed by atoms with E-state index in [2.05, 4.69) is 20.6 Å². The Hall–Kier alpha value is -3.46. The molecule has 0 aliphatic heterocycles. The van der Waals surface area contributed by atoms with Gasteiger partial charge in [-0.1, -0.05) is 17.8 Å². The molecule has 0 aliphatic carbocycles. The molecule has 1 amide bonds. The van der Waals surface area contributed by atoms with Crippen molar-refractivity contribution in [3.05, 3.63) is 66.5 Å². The Morgan fingerprint density at radius 1 is 1.14 bits per heavy atom. The molecule has 4 rings (SSSR count). The fraction of sp³-hybridized carbons (Fsp3) is 0.100. The second-order valence-electron chi connectivity index (χ2n) is 6.04. The van der Waals surface area contributed by atoms with Gasteiger partial charge in [0.2, 0.25) is 5.91 Å². The number of ether oxygens (including phenoxy) is 1. The number of carbonyl (C=O) groups is 1. The summed E-state index contributed by atoms with van der Waals surface area (Å²) in [7, 11) is 1.61. The average molecular weight is 409 g/mol. The van der Waals surface area contributed by atoms with Crippen LogP contribution < -0.4 is 10.1 Å². The van der Waals surface area contributed by atoms with Crippen LogP contribution in [-0.4, -0.2) is 38.6 Å². The molecular formula is C20H16FN5O2S. The van der Waals surface area contributed by atoms with E-state index in [-0.39, 0.29) is 11.7 Å². The monoisotopic (exact) mass is 409 g/mol. The summed E-state index contributed by atoms with van der Waals surface area (Å²) in [5.74, 6) is 0.822. The number of nitrogens with zero attached hydrogens (tertiary/aromatic N) is 4. The topological polar surface area (TPSA) is 81.4 Å². The third-order valence-corrected chi connectivity index (χ3v) is 4.97. The highest BCUT2D eigenvalue weighted by Crippen LogP contribution is 2.23. The number of carbonyl (C=O) groups excluding carboxylic acids is 1. The van der Waals surface area contributed by atoms with E-state index in [0.717, 1.165) is 11.3 Å². The number of fused-ring (bicyclic) bond motifs is 1. The highest BCUT2D eigenvalue weighted by atomic mass is 32.2. The number of halogens is 1. The van der Waals surface area contributed by atoms with Crippen molar-refractivity contribution in [3.63, 3.8) is 0 Å². The van der Waals surface area contributed by atoms with Crippen molar-refractivity contribution in [2.45, 2.75) is 5.03 Å². The van der Waals surface area contributed by atoms with Crippen LogP contribution in [0.1, 0.15) is 0 Å². The van der Waals surface area contributed by atoms with Crippen LogP contribution >= 0.6 is 11.8 Å². The summed E-state index contributed by atoms with van der Waals surface area (Å²) < 4.78 is 20.0. The molecule has 0 atom stereocenters. The molecule has 1 N–H and O–H groups in total. The van der Waals surface area contributed by atoms with Crippen LogP contribution in [-0.2, 0) is 4.79 Å². The van der Waals surface area contributed by atoms with Gasteiger partial charge in [-0.05, 0) is 54.6 Å². The van der Waals surface area contributed by atoms with Gasteiger partial charge in [0.1, 0.15) is 16.6 Å². The Labute approximate surface area is 169 Å². The minimum atomic E-state index is -0.402. The third-order valence-electron chi connectivity index (χ3n) is 4.05. The summed E-state index contributed by atoms with van der Waals surface area (Å²) in [5.41, 5.74) is 1.86. The first kappa shape index (κ1) is 18.9. The van der Waals surface area contributed by atoms with Gasteiger partial charge in [-0.2, -0.15) is 9.61 Å². The van der Waals surface area contributed by atoms with Crippen LogP contribution in [0.4, 0.5) is 10.1 Å². The number of methoxy groups -OCH3 is 1. The van der Waals surface area contributed by atoms with Gasteiger partial charge in [0, 0.05) is 11.3 Å². The summed E-state index contributed by atoms with van der Waals surface area (Å²) >= 11 is 1.27. The molecule has 2 heterocycles. The zero-order chi connectivity index (χ0) is 20.2.